The molecule has 9 nitrogen and oxygen atoms in total. The molecule has 1 aliphatic heterocycles. The molecule has 1 unspecified atom stereocenters. The Balaban J connectivity index is 2.12. The van der Waals surface area contributed by atoms with Crippen LogP contribution >= 0.6 is 0 Å². The number of benzene rings is 2. The first-order valence-corrected chi connectivity index (χ1v) is 13.1. The number of hydrogen-bond donors (Lipinski definition) is 0. The van der Waals surface area contributed by atoms with E-state index in [0.29, 0.717) is 35.6 Å². The molecule has 0 radical (unpaired) electrons. The van der Waals surface area contributed by atoms with E-state index in [-0.39, 0.29) is 11.3 Å². The van der Waals surface area contributed by atoms with Crippen LogP contribution in [0.1, 0.15) is 88.3 Å². The van der Waals surface area contributed by atoms with Gasteiger partial charge in [-0.05, 0) is 85.9 Å². The van der Waals surface area contributed by atoms with Gasteiger partial charge in [0.15, 0.2) is 0 Å². The van der Waals surface area contributed by atoms with Crippen molar-refractivity contribution in [1.82, 2.24) is 4.90 Å². The molecule has 0 bridgehead atoms. The van der Waals surface area contributed by atoms with Crippen LogP contribution in [0.4, 0.5) is 9.59 Å². The summed E-state index contributed by atoms with van der Waals surface area (Å²) in [5, 5.41) is 0. The normalized spacial score (nSPS) is 15.8. The molecule has 0 spiro atoms. The number of piperidine rings is 1. The number of esters is 1. The molecule has 1 aliphatic rings. The summed E-state index contributed by atoms with van der Waals surface area (Å²) in [6, 6.07) is 9.71. The summed E-state index contributed by atoms with van der Waals surface area (Å²) in [5.74, 6) is -0.0495. The molecule has 2 aromatic rings. The Morgan fingerprint density at radius 1 is 0.897 bits per heavy atom. The van der Waals surface area contributed by atoms with Crippen molar-refractivity contribution in [2.75, 3.05) is 13.7 Å². The highest BCUT2D eigenvalue weighted by Gasteiger charge is 2.36. The highest BCUT2D eigenvalue weighted by Crippen LogP contribution is 2.43. The quantitative estimate of drug-likeness (QED) is 0.227. The van der Waals surface area contributed by atoms with E-state index in [2.05, 4.69) is 0 Å². The molecular weight excluding hydrogens is 502 g/mol. The van der Waals surface area contributed by atoms with Crippen molar-refractivity contribution >= 4 is 18.2 Å². The van der Waals surface area contributed by atoms with Crippen LogP contribution in [-0.2, 0) is 9.47 Å². The minimum atomic E-state index is -0.973. The second kappa shape index (κ2) is 12.0. The van der Waals surface area contributed by atoms with Crippen molar-refractivity contribution in [1.29, 1.82) is 0 Å². The number of para-hydroxylation sites is 1. The standard InChI is InChI=1S/C30H39NO8/c1-19-24(26(32)36-20-14-10-9-11-15-20)23(37-28(34)39-30(5,6)7)18-21(25(19)35-8)22-16-12-13-17-31(22)27(33)38-29(2,3)4/h9-11,14-15,18,22H,12-13,16-17H2,1-8H3. The van der Waals surface area contributed by atoms with E-state index >= 15 is 0 Å². The predicted octanol–water partition coefficient (Wildman–Crippen LogP) is 7.00. The topological polar surface area (TPSA) is 101 Å². The van der Waals surface area contributed by atoms with Crippen LogP contribution in [0.2, 0.25) is 0 Å². The lowest BCUT2D eigenvalue weighted by molar-refractivity contribution is 0.00873. The number of amides is 1. The molecule has 1 fully saturated rings. The number of carbonyl (C=O) groups excluding carboxylic acids is 3. The van der Waals surface area contributed by atoms with Gasteiger partial charge in [-0.15, -0.1) is 0 Å². The third-order valence-electron chi connectivity index (χ3n) is 5.95. The number of nitrogens with zero attached hydrogens (tertiary/aromatic N) is 1. The van der Waals surface area contributed by atoms with Crippen LogP contribution in [0.5, 0.6) is 17.2 Å². The van der Waals surface area contributed by atoms with Gasteiger partial charge in [-0.3, -0.25) is 0 Å². The maximum atomic E-state index is 13.4. The maximum Gasteiger partial charge on any atom is 0.514 e. The highest BCUT2D eigenvalue weighted by atomic mass is 16.7. The molecule has 1 amide bonds. The van der Waals surface area contributed by atoms with Crippen molar-refractivity contribution in [3.8, 4) is 17.2 Å². The number of ether oxygens (including phenoxy) is 5. The van der Waals surface area contributed by atoms with Gasteiger partial charge in [-0.2, -0.15) is 0 Å². The van der Waals surface area contributed by atoms with Crippen LogP contribution < -0.4 is 14.2 Å². The number of hydrogen-bond acceptors (Lipinski definition) is 8. The minimum absolute atomic E-state index is 0.0185. The van der Waals surface area contributed by atoms with E-state index in [1.165, 1.54) is 7.11 Å². The lowest BCUT2D eigenvalue weighted by Crippen LogP contribution is -2.42. The summed E-state index contributed by atoms with van der Waals surface area (Å²) < 4.78 is 28.0. The molecule has 9 heteroatoms. The molecule has 0 N–H and O–H groups in total. The van der Waals surface area contributed by atoms with Crippen LogP contribution in [-0.4, -0.2) is 48.0 Å². The number of carbonyl (C=O) groups is 3. The second-order valence-electron chi connectivity index (χ2n) is 11.5. The van der Waals surface area contributed by atoms with Crippen molar-refractivity contribution in [2.45, 2.75) is 85.0 Å². The zero-order valence-electron chi connectivity index (χ0n) is 24.1. The minimum Gasteiger partial charge on any atom is -0.496 e. The fourth-order valence-corrected chi connectivity index (χ4v) is 4.45. The van der Waals surface area contributed by atoms with E-state index in [4.69, 9.17) is 23.7 Å². The molecule has 1 heterocycles. The molecule has 2 aromatic carbocycles. The van der Waals surface area contributed by atoms with Gasteiger partial charge in [0.25, 0.3) is 0 Å². The zero-order chi connectivity index (χ0) is 29.0. The summed E-state index contributed by atoms with van der Waals surface area (Å²) in [6.45, 7) is 12.8. The molecule has 0 saturated carbocycles. The van der Waals surface area contributed by atoms with Gasteiger partial charge in [-0.25, -0.2) is 14.4 Å². The van der Waals surface area contributed by atoms with Crippen LogP contribution in [0, 0.1) is 6.92 Å². The van der Waals surface area contributed by atoms with Crippen molar-refractivity contribution < 1.29 is 38.1 Å². The molecule has 0 aliphatic carbocycles. The van der Waals surface area contributed by atoms with E-state index in [9.17, 15) is 14.4 Å². The third-order valence-corrected chi connectivity index (χ3v) is 5.95. The fraction of sp³-hybridized carbons (Fsp3) is 0.500. The first-order valence-electron chi connectivity index (χ1n) is 13.1. The van der Waals surface area contributed by atoms with Gasteiger partial charge in [0.2, 0.25) is 0 Å². The van der Waals surface area contributed by atoms with Crippen molar-refractivity contribution in [2.24, 2.45) is 0 Å². The first kappa shape index (κ1) is 29.8. The van der Waals surface area contributed by atoms with E-state index in [0.717, 1.165) is 12.8 Å². The predicted molar refractivity (Wildman–Crippen MR) is 146 cm³/mol. The second-order valence-corrected chi connectivity index (χ2v) is 11.5. The summed E-state index contributed by atoms with van der Waals surface area (Å²) in [6.07, 6.45) is 0.897. The van der Waals surface area contributed by atoms with Crippen LogP contribution in [0.3, 0.4) is 0 Å². The van der Waals surface area contributed by atoms with E-state index in [1.54, 1.807) is 69.0 Å². The van der Waals surface area contributed by atoms with Crippen molar-refractivity contribution in [3.05, 3.63) is 53.1 Å². The highest BCUT2D eigenvalue weighted by molar-refractivity contribution is 5.97. The van der Waals surface area contributed by atoms with E-state index in [1.807, 2.05) is 20.8 Å². The number of methoxy groups -OCH3 is 1. The average Bonchev–Trinajstić information content (AvgIpc) is 2.82. The Morgan fingerprint density at radius 3 is 2.13 bits per heavy atom. The Labute approximate surface area is 230 Å². The lowest BCUT2D eigenvalue weighted by atomic mass is 9.91. The van der Waals surface area contributed by atoms with E-state index < -0.39 is 35.5 Å². The maximum absolute atomic E-state index is 13.4. The molecule has 3 rings (SSSR count). The summed E-state index contributed by atoms with van der Waals surface area (Å²) in [5.41, 5.74) is -0.470. The monoisotopic (exact) mass is 541 g/mol. The van der Waals surface area contributed by atoms with Gasteiger partial charge < -0.3 is 28.6 Å². The fourth-order valence-electron chi connectivity index (χ4n) is 4.45. The van der Waals surface area contributed by atoms with Crippen LogP contribution in [0.25, 0.3) is 0 Å². The van der Waals surface area contributed by atoms with Gasteiger partial charge in [-0.1, -0.05) is 18.2 Å². The van der Waals surface area contributed by atoms with Gasteiger partial charge in [0.05, 0.1) is 13.2 Å². The molecule has 212 valence electrons. The molecular formula is C30H39NO8. The molecule has 0 aromatic heterocycles. The Bertz CT molecular complexity index is 1190. The lowest BCUT2D eigenvalue weighted by Gasteiger charge is -2.38. The van der Waals surface area contributed by atoms with Gasteiger partial charge >= 0.3 is 18.2 Å². The number of likely N-dealkylation sites (tertiary alicyclic amines) is 1. The van der Waals surface area contributed by atoms with Crippen molar-refractivity contribution in [3.63, 3.8) is 0 Å². The SMILES string of the molecule is COc1c(C2CCCCN2C(=O)OC(C)(C)C)cc(OC(=O)OC(C)(C)C)c(C(=O)Oc2ccccc2)c1C. The van der Waals surface area contributed by atoms with Gasteiger partial charge in [0, 0.05) is 17.7 Å². The molecule has 1 saturated heterocycles. The Morgan fingerprint density at radius 2 is 1.54 bits per heavy atom. The smallest absolute Gasteiger partial charge is 0.496 e. The number of rotatable bonds is 5. The largest absolute Gasteiger partial charge is 0.514 e. The average molecular weight is 542 g/mol. The Kier molecular flexibility index (Phi) is 9.14. The first-order chi connectivity index (χ1) is 18.2. The molecule has 39 heavy (non-hydrogen) atoms. The van der Waals surface area contributed by atoms with Crippen LogP contribution in [0.15, 0.2) is 36.4 Å². The zero-order valence-corrected chi connectivity index (χ0v) is 24.1. The Hall–Kier alpha value is -3.75. The third kappa shape index (κ3) is 7.88. The summed E-state index contributed by atoms with van der Waals surface area (Å²) in [4.78, 5) is 41.0. The summed E-state index contributed by atoms with van der Waals surface area (Å²) in [7, 11) is 1.49. The summed E-state index contributed by atoms with van der Waals surface area (Å²) >= 11 is 0. The molecule has 1 atom stereocenters. The van der Waals surface area contributed by atoms with Gasteiger partial charge in [0.1, 0.15) is 34.0 Å².